The lowest BCUT2D eigenvalue weighted by Crippen LogP contribution is -2.63. The van der Waals surface area contributed by atoms with Crippen molar-refractivity contribution in [1.29, 1.82) is 0 Å². The van der Waals surface area contributed by atoms with Crippen LogP contribution in [0.3, 0.4) is 0 Å². The molecule has 0 saturated carbocycles. The highest BCUT2D eigenvalue weighted by Gasteiger charge is 2.53. The van der Waals surface area contributed by atoms with Gasteiger partial charge in [0.15, 0.2) is 18.5 Å². The fourth-order valence-corrected chi connectivity index (χ4v) is 4.38. The van der Waals surface area contributed by atoms with E-state index < -0.39 is 67.2 Å². The molecule has 216 valence electrons. The van der Waals surface area contributed by atoms with Gasteiger partial charge >= 0.3 is 29.8 Å². The van der Waals surface area contributed by atoms with Gasteiger partial charge in [-0.25, -0.2) is 4.79 Å². The number of benzene rings is 1. The van der Waals surface area contributed by atoms with Gasteiger partial charge in [0.1, 0.15) is 24.2 Å². The first-order chi connectivity index (χ1) is 18.9. The van der Waals surface area contributed by atoms with Gasteiger partial charge in [-0.3, -0.25) is 24.0 Å². The van der Waals surface area contributed by atoms with Crippen LogP contribution in [-0.4, -0.2) is 85.1 Å². The van der Waals surface area contributed by atoms with Crippen molar-refractivity contribution in [3.8, 4) is 5.75 Å². The minimum Gasteiger partial charge on any atom is -0.464 e. The van der Waals surface area contributed by atoms with Gasteiger partial charge in [-0.1, -0.05) is 0 Å². The quantitative estimate of drug-likeness (QED) is 0.243. The van der Waals surface area contributed by atoms with Crippen molar-refractivity contribution in [3.05, 3.63) is 29.5 Å². The topological polar surface area (TPSA) is 172 Å². The molecule has 0 bridgehead atoms. The van der Waals surface area contributed by atoms with Crippen LogP contribution in [0.4, 0.5) is 0 Å². The minimum atomic E-state index is -1.51. The van der Waals surface area contributed by atoms with Gasteiger partial charge in [0.2, 0.25) is 12.4 Å². The maximum absolute atomic E-state index is 12.3. The molecule has 3 rings (SSSR count). The average molecular weight is 564 g/mol. The van der Waals surface area contributed by atoms with Crippen molar-refractivity contribution in [2.45, 2.75) is 58.4 Å². The van der Waals surface area contributed by atoms with Crippen molar-refractivity contribution in [2.24, 2.45) is 7.05 Å². The van der Waals surface area contributed by atoms with Crippen LogP contribution >= 0.6 is 0 Å². The molecule has 0 N–H and O–H groups in total. The molecule has 0 radical (unpaired) electrons. The van der Waals surface area contributed by atoms with Crippen LogP contribution in [0.25, 0.3) is 10.9 Å². The highest BCUT2D eigenvalue weighted by Crippen LogP contribution is 2.35. The molecule has 14 heteroatoms. The molecule has 1 aliphatic rings. The Morgan fingerprint density at radius 2 is 1.50 bits per heavy atom. The molecule has 1 fully saturated rings. The number of aryl methyl sites for hydroxylation is 1. The van der Waals surface area contributed by atoms with Crippen molar-refractivity contribution < 1.29 is 61.9 Å². The lowest BCUT2D eigenvalue weighted by atomic mass is 9.98. The summed E-state index contributed by atoms with van der Waals surface area (Å²) in [4.78, 5) is 71.7. The summed E-state index contributed by atoms with van der Waals surface area (Å²) in [6, 6.07) is 4.31. The first-order valence-electron chi connectivity index (χ1n) is 12.0. The third kappa shape index (κ3) is 6.57. The molecule has 2 heterocycles. The molecule has 0 amide bonds. The van der Waals surface area contributed by atoms with E-state index in [9.17, 15) is 28.8 Å². The smallest absolute Gasteiger partial charge is 0.354 e. The first kappa shape index (κ1) is 30.1. The number of hydrogen-bond acceptors (Lipinski definition) is 13. The molecule has 5 atom stereocenters. The number of nitrogens with zero attached hydrogens (tertiary/aromatic N) is 1. The third-order valence-corrected chi connectivity index (χ3v) is 5.90. The Morgan fingerprint density at radius 3 is 2.05 bits per heavy atom. The molecule has 1 saturated heterocycles. The molecule has 0 aliphatic carbocycles. The number of methoxy groups -OCH3 is 1. The largest absolute Gasteiger partial charge is 0.464 e. The van der Waals surface area contributed by atoms with E-state index in [0.717, 1.165) is 27.7 Å². The molecule has 14 nitrogen and oxygen atoms in total. The van der Waals surface area contributed by atoms with Crippen LogP contribution in [0.15, 0.2) is 18.2 Å². The second kappa shape index (κ2) is 12.6. The Labute approximate surface area is 228 Å². The number of hydrogen-bond donors (Lipinski definition) is 0. The van der Waals surface area contributed by atoms with Crippen molar-refractivity contribution in [1.82, 2.24) is 4.57 Å². The third-order valence-electron chi connectivity index (χ3n) is 5.90. The fraction of sp³-hybridized carbons (Fsp3) is 0.462. The summed E-state index contributed by atoms with van der Waals surface area (Å²) in [5, 5.41) is 0.306. The second-order valence-corrected chi connectivity index (χ2v) is 8.80. The summed E-state index contributed by atoms with van der Waals surface area (Å²) in [6.07, 6.45) is -6.39. The van der Waals surface area contributed by atoms with Gasteiger partial charge in [-0.05, 0) is 18.2 Å². The highest BCUT2D eigenvalue weighted by molar-refractivity contribution is 6.04. The summed E-state index contributed by atoms with van der Waals surface area (Å²) >= 11 is 0. The van der Waals surface area contributed by atoms with Gasteiger partial charge < -0.3 is 37.7 Å². The van der Waals surface area contributed by atoms with Gasteiger partial charge in [-0.15, -0.1) is 0 Å². The summed E-state index contributed by atoms with van der Waals surface area (Å²) in [5.41, 5.74) is 0.679. The van der Waals surface area contributed by atoms with Crippen LogP contribution in [0.2, 0.25) is 0 Å². The van der Waals surface area contributed by atoms with E-state index in [4.69, 9.17) is 33.2 Å². The molecule has 2 aromatic rings. The SMILES string of the molecule is COC(=O)c1cc2c(O[C@@H]3O[C@H](COC(C)=O)[C@H](OC(C)=O)[C@H](OC(C)=O)[C@H]3OC(C)=O)ccc(C=O)c2n1C. The zero-order valence-electron chi connectivity index (χ0n) is 22.7. The molecule has 1 aromatic carbocycles. The standard InChI is InChI=1S/C26H29NO13/c1-12(29)35-11-20-22(36-13(2)30)23(37-14(3)31)24(38-15(4)32)26(40-20)39-19-8-7-16(10-28)21-17(19)9-18(27(21)5)25(33)34-6/h7-10,20,22-24,26H,11H2,1-6H3/t20-,22+,23+,24-,26-/m1/s1. The second-order valence-electron chi connectivity index (χ2n) is 8.80. The van der Waals surface area contributed by atoms with E-state index in [0.29, 0.717) is 17.2 Å². The lowest BCUT2D eigenvalue weighted by Gasteiger charge is -2.44. The van der Waals surface area contributed by atoms with E-state index >= 15 is 0 Å². The highest BCUT2D eigenvalue weighted by atomic mass is 16.7. The Kier molecular flexibility index (Phi) is 9.47. The van der Waals surface area contributed by atoms with Gasteiger partial charge in [-0.2, -0.15) is 0 Å². The number of ether oxygens (including phenoxy) is 7. The monoisotopic (exact) mass is 563 g/mol. The van der Waals surface area contributed by atoms with Crippen LogP contribution in [0.5, 0.6) is 5.75 Å². The Morgan fingerprint density at radius 1 is 0.900 bits per heavy atom. The summed E-state index contributed by atoms with van der Waals surface area (Å²) < 4.78 is 39.6. The average Bonchev–Trinajstić information content (AvgIpc) is 3.23. The molecule has 1 aromatic heterocycles. The van der Waals surface area contributed by atoms with E-state index in [-0.39, 0.29) is 17.0 Å². The number of aldehydes is 1. The minimum absolute atomic E-state index is 0.0900. The Hall–Kier alpha value is -4.46. The summed E-state index contributed by atoms with van der Waals surface area (Å²) in [6.45, 7) is 4.03. The van der Waals surface area contributed by atoms with E-state index in [1.165, 1.54) is 29.9 Å². The first-order valence-corrected chi connectivity index (χ1v) is 12.0. The zero-order valence-corrected chi connectivity index (χ0v) is 22.7. The van der Waals surface area contributed by atoms with Gasteiger partial charge in [0, 0.05) is 45.7 Å². The number of fused-ring (bicyclic) bond motifs is 1. The molecular weight excluding hydrogens is 534 g/mol. The number of esters is 5. The maximum Gasteiger partial charge on any atom is 0.354 e. The number of rotatable bonds is 9. The van der Waals surface area contributed by atoms with Crippen molar-refractivity contribution in [3.63, 3.8) is 0 Å². The lowest BCUT2D eigenvalue weighted by molar-refractivity contribution is -0.288. The molecular formula is C26H29NO13. The van der Waals surface area contributed by atoms with Gasteiger partial charge in [0.05, 0.1) is 12.6 Å². The number of carbonyl (C=O) groups excluding carboxylic acids is 6. The molecule has 0 unspecified atom stereocenters. The van der Waals surface area contributed by atoms with E-state index in [1.807, 2.05) is 0 Å². The normalized spacial score (nSPS) is 22.1. The molecule has 1 aliphatic heterocycles. The predicted octanol–water partition coefficient (Wildman–Crippen LogP) is 1.24. The zero-order chi connectivity index (χ0) is 29.7. The maximum atomic E-state index is 12.3. The number of carbonyl (C=O) groups is 6. The van der Waals surface area contributed by atoms with E-state index in [2.05, 4.69) is 0 Å². The predicted molar refractivity (Wildman–Crippen MR) is 132 cm³/mol. The van der Waals surface area contributed by atoms with E-state index in [1.54, 1.807) is 7.05 Å². The Balaban J connectivity index is 2.14. The Bertz CT molecular complexity index is 1330. The summed E-state index contributed by atoms with van der Waals surface area (Å²) in [5.74, 6) is -3.62. The molecule has 0 spiro atoms. The van der Waals surface area contributed by atoms with Crippen LogP contribution < -0.4 is 4.74 Å². The molecule has 40 heavy (non-hydrogen) atoms. The van der Waals surface area contributed by atoms with Gasteiger partial charge in [0.25, 0.3) is 0 Å². The summed E-state index contributed by atoms with van der Waals surface area (Å²) in [7, 11) is 2.76. The van der Waals surface area contributed by atoms with Crippen LogP contribution in [0.1, 0.15) is 48.5 Å². The van der Waals surface area contributed by atoms with Crippen LogP contribution in [-0.2, 0) is 54.6 Å². The van der Waals surface area contributed by atoms with Crippen molar-refractivity contribution >= 4 is 47.0 Å². The number of aromatic nitrogens is 1. The van der Waals surface area contributed by atoms with Crippen molar-refractivity contribution in [2.75, 3.05) is 13.7 Å². The fourth-order valence-electron chi connectivity index (χ4n) is 4.38. The van der Waals surface area contributed by atoms with Crippen LogP contribution in [0, 0.1) is 0 Å².